The van der Waals surface area contributed by atoms with Gasteiger partial charge in [-0.15, -0.1) is 0 Å². The van der Waals surface area contributed by atoms with Gasteiger partial charge in [-0.1, -0.05) is 18.2 Å². The van der Waals surface area contributed by atoms with E-state index in [4.69, 9.17) is 9.15 Å². The number of carbonyl (C=O) groups is 2. The van der Waals surface area contributed by atoms with Crippen molar-refractivity contribution in [3.8, 4) is 5.75 Å². The number of nitrogens with one attached hydrogen (secondary N) is 2. The second-order valence-corrected chi connectivity index (χ2v) is 7.71. The minimum Gasteiger partial charge on any atom is -0.484 e. The topological polar surface area (TPSA) is 111 Å². The van der Waals surface area contributed by atoms with E-state index in [0.29, 0.717) is 17.1 Å². The second kappa shape index (κ2) is 9.07. The summed E-state index contributed by atoms with van der Waals surface area (Å²) in [6.07, 6.45) is 2.86. The number of fused-ring (bicyclic) bond motifs is 3. The van der Waals surface area contributed by atoms with Crippen LogP contribution < -0.4 is 15.4 Å². The van der Waals surface area contributed by atoms with Crippen LogP contribution in [0.3, 0.4) is 0 Å². The van der Waals surface area contributed by atoms with Gasteiger partial charge >= 0.3 is 0 Å². The average Bonchev–Trinajstić information content (AvgIpc) is 3.51. The molecule has 2 aromatic heterocycles. The van der Waals surface area contributed by atoms with Crippen molar-refractivity contribution in [3.05, 3.63) is 79.4 Å². The molecule has 1 unspecified atom stereocenters. The number of hydrogen-bond donors (Lipinski definition) is 2. The van der Waals surface area contributed by atoms with Crippen LogP contribution in [0.25, 0.3) is 21.9 Å². The summed E-state index contributed by atoms with van der Waals surface area (Å²) >= 11 is 0. The van der Waals surface area contributed by atoms with Gasteiger partial charge in [0, 0.05) is 22.1 Å². The highest BCUT2D eigenvalue weighted by Gasteiger charge is 2.15. The Morgan fingerprint density at radius 1 is 0.971 bits per heavy atom. The first-order chi connectivity index (χ1) is 16.6. The van der Waals surface area contributed by atoms with Crippen molar-refractivity contribution in [3.63, 3.8) is 0 Å². The van der Waals surface area contributed by atoms with Gasteiger partial charge in [-0.25, -0.2) is 9.67 Å². The maximum Gasteiger partial charge on any atom is 0.262 e. The first-order valence-electron chi connectivity index (χ1n) is 10.7. The summed E-state index contributed by atoms with van der Waals surface area (Å²) in [4.78, 5) is 28.5. The highest BCUT2D eigenvalue weighted by molar-refractivity contribution is 6.05. The van der Waals surface area contributed by atoms with Crippen LogP contribution in [0.5, 0.6) is 5.75 Å². The lowest BCUT2D eigenvalue weighted by Gasteiger charge is -2.12. The number of para-hydroxylation sites is 1. The summed E-state index contributed by atoms with van der Waals surface area (Å²) in [7, 11) is 0. The number of amides is 2. The maximum absolute atomic E-state index is 12.4. The number of furan rings is 1. The molecule has 5 rings (SSSR count). The molecule has 170 valence electrons. The van der Waals surface area contributed by atoms with Crippen LogP contribution >= 0.6 is 0 Å². The van der Waals surface area contributed by atoms with Gasteiger partial charge in [0.15, 0.2) is 6.61 Å². The summed E-state index contributed by atoms with van der Waals surface area (Å²) in [6, 6.07) is 19.6. The molecule has 0 aliphatic carbocycles. The molecule has 0 fully saturated rings. The van der Waals surface area contributed by atoms with Gasteiger partial charge in [-0.2, -0.15) is 5.10 Å². The maximum atomic E-state index is 12.4. The Hall–Kier alpha value is -4.66. The van der Waals surface area contributed by atoms with Gasteiger partial charge in [0.2, 0.25) is 5.91 Å². The van der Waals surface area contributed by atoms with Gasteiger partial charge in [0.1, 0.15) is 35.6 Å². The molecule has 2 N–H and O–H groups in total. The van der Waals surface area contributed by atoms with Gasteiger partial charge in [-0.3, -0.25) is 9.59 Å². The quantitative estimate of drug-likeness (QED) is 0.376. The van der Waals surface area contributed by atoms with Gasteiger partial charge in [0.05, 0.1) is 0 Å². The average molecular weight is 455 g/mol. The van der Waals surface area contributed by atoms with E-state index in [9.17, 15) is 9.59 Å². The number of anilines is 2. The number of rotatable bonds is 7. The fourth-order valence-electron chi connectivity index (χ4n) is 3.56. The van der Waals surface area contributed by atoms with Crippen LogP contribution in [0.15, 0.2) is 83.8 Å². The predicted molar refractivity (Wildman–Crippen MR) is 128 cm³/mol. The lowest BCUT2D eigenvalue weighted by molar-refractivity contribution is -0.119. The zero-order valence-electron chi connectivity index (χ0n) is 18.3. The van der Waals surface area contributed by atoms with E-state index in [1.54, 1.807) is 37.3 Å². The molecular weight excluding hydrogens is 434 g/mol. The van der Waals surface area contributed by atoms with Crippen molar-refractivity contribution in [1.29, 1.82) is 0 Å². The molecule has 34 heavy (non-hydrogen) atoms. The largest absolute Gasteiger partial charge is 0.484 e. The van der Waals surface area contributed by atoms with Crippen LogP contribution in [0, 0.1) is 0 Å². The van der Waals surface area contributed by atoms with Crippen molar-refractivity contribution in [2.45, 2.75) is 13.0 Å². The Bertz CT molecular complexity index is 1460. The molecule has 1 atom stereocenters. The molecule has 9 nitrogen and oxygen atoms in total. The molecule has 0 saturated carbocycles. The summed E-state index contributed by atoms with van der Waals surface area (Å²) in [5.74, 6) is 0.0561. The van der Waals surface area contributed by atoms with Gasteiger partial charge in [-0.05, 0) is 55.5 Å². The van der Waals surface area contributed by atoms with Crippen LogP contribution in [0.1, 0.15) is 13.0 Å². The standard InChI is InChI=1S/C25H21N5O4/c1-16(30-15-26-14-27-30)25(32)29-18-8-6-17(7-9-18)28-24(31)13-33-19-10-11-23-21(12-19)20-4-2-3-5-22(20)34-23/h2-12,14-16H,13H2,1H3,(H,28,31)(H,29,32). The Morgan fingerprint density at radius 2 is 1.71 bits per heavy atom. The first kappa shape index (κ1) is 21.2. The number of aromatic nitrogens is 3. The monoisotopic (exact) mass is 455 g/mol. The van der Waals surface area contributed by atoms with E-state index in [-0.39, 0.29) is 18.4 Å². The van der Waals surface area contributed by atoms with Crippen molar-refractivity contribution in [1.82, 2.24) is 14.8 Å². The third-order valence-corrected chi connectivity index (χ3v) is 5.37. The molecule has 2 heterocycles. The van der Waals surface area contributed by atoms with E-state index in [1.807, 2.05) is 36.4 Å². The molecule has 2 amide bonds. The van der Waals surface area contributed by atoms with Crippen LogP contribution in [0.2, 0.25) is 0 Å². The third kappa shape index (κ3) is 4.44. The SMILES string of the molecule is CC(C(=O)Nc1ccc(NC(=O)COc2ccc3oc4ccccc4c3c2)cc1)n1cncn1. The number of hydrogen-bond acceptors (Lipinski definition) is 6. The molecular formula is C25H21N5O4. The fourth-order valence-corrected chi connectivity index (χ4v) is 3.56. The number of carbonyl (C=O) groups excluding carboxylic acids is 2. The zero-order valence-corrected chi connectivity index (χ0v) is 18.3. The molecule has 3 aromatic carbocycles. The molecule has 0 spiro atoms. The van der Waals surface area contributed by atoms with E-state index in [1.165, 1.54) is 17.3 Å². The number of benzene rings is 3. The molecule has 0 aliphatic heterocycles. The summed E-state index contributed by atoms with van der Waals surface area (Å²) < 4.78 is 13.0. The van der Waals surface area contributed by atoms with E-state index < -0.39 is 6.04 Å². The third-order valence-electron chi connectivity index (χ3n) is 5.37. The van der Waals surface area contributed by atoms with Gasteiger partial charge in [0.25, 0.3) is 5.91 Å². The van der Waals surface area contributed by atoms with Crippen molar-refractivity contribution in [2.24, 2.45) is 0 Å². The minimum absolute atomic E-state index is 0.144. The fraction of sp³-hybridized carbons (Fsp3) is 0.120. The van der Waals surface area contributed by atoms with Crippen LogP contribution in [0.4, 0.5) is 11.4 Å². The van der Waals surface area contributed by atoms with E-state index >= 15 is 0 Å². The predicted octanol–water partition coefficient (Wildman–Crippen LogP) is 4.39. The Balaban J connectivity index is 1.16. The Kier molecular flexibility index (Phi) is 5.65. The Morgan fingerprint density at radius 3 is 2.47 bits per heavy atom. The molecule has 5 aromatic rings. The summed E-state index contributed by atoms with van der Waals surface area (Å²) in [5, 5.41) is 11.5. The summed E-state index contributed by atoms with van der Waals surface area (Å²) in [5.41, 5.74) is 2.76. The molecule has 9 heteroatoms. The van der Waals surface area contributed by atoms with Crippen LogP contribution in [-0.4, -0.2) is 33.2 Å². The normalized spacial score (nSPS) is 11.9. The number of nitrogens with zero attached hydrogens (tertiary/aromatic N) is 3. The zero-order chi connectivity index (χ0) is 23.5. The molecule has 0 aliphatic rings. The molecule has 0 saturated heterocycles. The molecule has 0 radical (unpaired) electrons. The highest BCUT2D eigenvalue weighted by atomic mass is 16.5. The van der Waals surface area contributed by atoms with Crippen molar-refractivity contribution in [2.75, 3.05) is 17.2 Å². The van der Waals surface area contributed by atoms with Crippen LogP contribution in [-0.2, 0) is 9.59 Å². The smallest absolute Gasteiger partial charge is 0.262 e. The van der Waals surface area contributed by atoms with E-state index in [2.05, 4.69) is 20.7 Å². The Labute approximate surface area is 194 Å². The lowest BCUT2D eigenvalue weighted by Crippen LogP contribution is -2.24. The molecule has 0 bridgehead atoms. The van der Waals surface area contributed by atoms with E-state index in [0.717, 1.165) is 21.9 Å². The number of ether oxygens (including phenoxy) is 1. The lowest BCUT2D eigenvalue weighted by atomic mass is 10.1. The van der Waals surface area contributed by atoms with Crippen molar-refractivity contribution >= 4 is 45.1 Å². The van der Waals surface area contributed by atoms with Crippen molar-refractivity contribution < 1.29 is 18.7 Å². The summed E-state index contributed by atoms with van der Waals surface area (Å²) in [6.45, 7) is 1.58. The first-order valence-corrected chi connectivity index (χ1v) is 10.7. The van der Waals surface area contributed by atoms with Gasteiger partial charge < -0.3 is 19.8 Å². The highest BCUT2D eigenvalue weighted by Crippen LogP contribution is 2.31. The minimum atomic E-state index is -0.502. The second-order valence-electron chi connectivity index (χ2n) is 7.71.